The van der Waals surface area contributed by atoms with Crippen LogP contribution in [-0.4, -0.2) is 30.7 Å². The van der Waals surface area contributed by atoms with Gasteiger partial charge in [0.25, 0.3) is 0 Å². The van der Waals surface area contributed by atoms with Crippen molar-refractivity contribution in [2.75, 3.05) is 13.7 Å². The van der Waals surface area contributed by atoms with Gasteiger partial charge < -0.3 is 15.4 Å². The molecule has 134 valence electrons. The van der Waals surface area contributed by atoms with Crippen LogP contribution in [-0.2, 0) is 6.42 Å². The van der Waals surface area contributed by atoms with Crippen molar-refractivity contribution >= 4 is 17.4 Å². The van der Waals surface area contributed by atoms with Gasteiger partial charge in [0.2, 0.25) is 0 Å². The zero-order chi connectivity index (χ0) is 17.5. The van der Waals surface area contributed by atoms with Crippen LogP contribution in [0.4, 0.5) is 4.79 Å². The Balaban J connectivity index is 1.46. The van der Waals surface area contributed by atoms with E-state index < -0.39 is 0 Å². The summed E-state index contributed by atoms with van der Waals surface area (Å²) in [6, 6.07) is 8.18. The second kappa shape index (κ2) is 8.85. The number of methoxy groups -OCH3 is 1. The molecular weight excluding hydrogens is 334 g/mol. The van der Waals surface area contributed by atoms with Gasteiger partial charge in [-0.25, -0.2) is 9.78 Å². The molecule has 2 N–H and O–H groups in total. The van der Waals surface area contributed by atoms with E-state index >= 15 is 0 Å². The maximum absolute atomic E-state index is 11.9. The molecule has 0 bridgehead atoms. The summed E-state index contributed by atoms with van der Waals surface area (Å²) in [7, 11) is 1.66. The van der Waals surface area contributed by atoms with Crippen molar-refractivity contribution < 1.29 is 9.53 Å². The summed E-state index contributed by atoms with van der Waals surface area (Å²) in [6.45, 7) is 0.597. The molecule has 6 heteroatoms. The van der Waals surface area contributed by atoms with E-state index in [0.29, 0.717) is 12.6 Å². The van der Waals surface area contributed by atoms with Crippen LogP contribution in [0.2, 0.25) is 0 Å². The number of aromatic nitrogens is 1. The second-order valence-corrected chi connectivity index (χ2v) is 7.22. The van der Waals surface area contributed by atoms with Crippen LogP contribution in [0.25, 0.3) is 10.6 Å². The lowest BCUT2D eigenvalue weighted by molar-refractivity contribution is 0.233. The highest BCUT2D eigenvalue weighted by atomic mass is 32.1. The Kier molecular flexibility index (Phi) is 6.28. The number of rotatable bonds is 6. The first-order valence-corrected chi connectivity index (χ1v) is 9.76. The number of nitrogens with zero attached hydrogens (tertiary/aromatic N) is 1. The number of hydrogen-bond acceptors (Lipinski definition) is 4. The molecule has 1 aromatic carbocycles. The number of nitrogens with one attached hydrogen (secondary N) is 2. The summed E-state index contributed by atoms with van der Waals surface area (Å²) in [5, 5.41) is 9.03. The van der Waals surface area contributed by atoms with Crippen LogP contribution < -0.4 is 15.4 Å². The molecule has 0 atom stereocenters. The second-order valence-electron chi connectivity index (χ2n) is 6.36. The molecule has 1 aliphatic carbocycles. The Labute approximate surface area is 152 Å². The maximum atomic E-state index is 11.9. The molecule has 1 aliphatic rings. The van der Waals surface area contributed by atoms with Crippen molar-refractivity contribution in [3.8, 4) is 16.3 Å². The van der Waals surface area contributed by atoms with Gasteiger partial charge in [-0.05, 0) is 25.0 Å². The summed E-state index contributed by atoms with van der Waals surface area (Å²) in [5.74, 6) is 0.829. The van der Waals surface area contributed by atoms with Gasteiger partial charge in [-0.15, -0.1) is 11.3 Å². The molecule has 3 rings (SSSR count). The number of ether oxygens (including phenoxy) is 1. The zero-order valence-corrected chi connectivity index (χ0v) is 15.4. The van der Waals surface area contributed by atoms with Gasteiger partial charge in [-0.3, -0.25) is 0 Å². The molecule has 0 aliphatic heterocycles. The molecule has 1 heterocycles. The molecular formula is C19H25N3O2S. The molecule has 0 spiro atoms. The molecule has 2 amide bonds. The maximum Gasteiger partial charge on any atom is 0.315 e. The van der Waals surface area contributed by atoms with Gasteiger partial charge in [0, 0.05) is 30.0 Å². The minimum Gasteiger partial charge on any atom is -0.497 e. The molecule has 5 nitrogen and oxygen atoms in total. The third-order valence-electron chi connectivity index (χ3n) is 4.48. The predicted molar refractivity (Wildman–Crippen MR) is 101 cm³/mol. The van der Waals surface area contributed by atoms with Crippen molar-refractivity contribution in [2.45, 2.75) is 44.6 Å². The molecule has 1 saturated carbocycles. The molecule has 0 radical (unpaired) electrons. The van der Waals surface area contributed by atoms with Crippen LogP contribution in [0, 0.1) is 0 Å². The summed E-state index contributed by atoms with van der Waals surface area (Å²) in [6.07, 6.45) is 6.66. The largest absolute Gasteiger partial charge is 0.497 e. The summed E-state index contributed by atoms with van der Waals surface area (Å²) in [5.41, 5.74) is 2.05. The summed E-state index contributed by atoms with van der Waals surface area (Å²) >= 11 is 1.61. The molecule has 0 unspecified atom stereocenters. The minimum absolute atomic E-state index is 0.0600. The normalized spacial score (nSPS) is 14.9. The topological polar surface area (TPSA) is 63.2 Å². The SMILES string of the molecule is COc1cccc(-c2nc(CCNC(=O)NC3CCCCC3)cs2)c1. The fourth-order valence-electron chi connectivity index (χ4n) is 3.10. The van der Waals surface area contributed by atoms with Crippen LogP contribution in [0.5, 0.6) is 5.75 Å². The summed E-state index contributed by atoms with van der Waals surface area (Å²) < 4.78 is 5.26. The van der Waals surface area contributed by atoms with E-state index in [4.69, 9.17) is 4.74 Å². The van der Waals surface area contributed by atoms with Gasteiger partial charge in [0.1, 0.15) is 10.8 Å². The Morgan fingerprint density at radius 2 is 2.16 bits per heavy atom. The highest BCUT2D eigenvalue weighted by Crippen LogP contribution is 2.26. The first-order chi connectivity index (χ1) is 12.2. The third-order valence-corrected chi connectivity index (χ3v) is 5.42. The minimum atomic E-state index is -0.0600. The Hall–Kier alpha value is -2.08. The number of urea groups is 1. The van der Waals surface area contributed by atoms with Crippen molar-refractivity contribution in [3.63, 3.8) is 0 Å². The number of benzene rings is 1. The fraction of sp³-hybridized carbons (Fsp3) is 0.474. The van der Waals surface area contributed by atoms with Crippen LogP contribution >= 0.6 is 11.3 Å². The van der Waals surface area contributed by atoms with Crippen LogP contribution in [0.3, 0.4) is 0 Å². The first-order valence-electron chi connectivity index (χ1n) is 8.88. The lowest BCUT2D eigenvalue weighted by Gasteiger charge is -2.22. The number of amides is 2. The monoisotopic (exact) mass is 359 g/mol. The van der Waals surface area contributed by atoms with Gasteiger partial charge in [0.15, 0.2) is 0 Å². The van der Waals surface area contributed by atoms with Crippen molar-refractivity contribution in [1.82, 2.24) is 15.6 Å². The lowest BCUT2D eigenvalue weighted by atomic mass is 9.96. The predicted octanol–water partition coefficient (Wildman–Crippen LogP) is 3.99. The van der Waals surface area contributed by atoms with E-state index in [1.165, 1.54) is 19.3 Å². The highest BCUT2D eigenvalue weighted by molar-refractivity contribution is 7.13. The average molecular weight is 359 g/mol. The summed E-state index contributed by atoms with van der Waals surface area (Å²) in [4.78, 5) is 16.6. The van der Waals surface area contributed by atoms with E-state index in [0.717, 1.165) is 41.3 Å². The van der Waals surface area contributed by atoms with E-state index in [9.17, 15) is 4.79 Å². The van der Waals surface area contributed by atoms with Crippen molar-refractivity contribution in [3.05, 3.63) is 35.3 Å². The molecule has 2 aromatic rings. The Morgan fingerprint density at radius 1 is 1.32 bits per heavy atom. The van der Waals surface area contributed by atoms with Gasteiger partial charge in [-0.1, -0.05) is 31.4 Å². The van der Waals surface area contributed by atoms with Gasteiger partial charge in [0.05, 0.1) is 12.8 Å². The molecule has 1 fully saturated rings. The quantitative estimate of drug-likeness (QED) is 0.820. The Bertz CT molecular complexity index is 695. The van der Waals surface area contributed by atoms with Crippen LogP contribution in [0.15, 0.2) is 29.6 Å². The third kappa shape index (κ3) is 5.19. The van der Waals surface area contributed by atoms with Gasteiger partial charge in [-0.2, -0.15) is 0 Å². The molecule has 25 heavy (non-hydrogen) atoms. The number of carbonyl (C=O) groups excluding carboxylic acids is 1. The lowest BCUT2D eigenvalue weighted by Crippen LogP contribution is -2.43. The van der Waals surface area contributed by atoms with Crippen LogP contribution in [0.1, 0.15) is 37.8 Å². The molecule has 1 aromatic heterocycles. The van der Waals surface area contributed by atoms with E-state index in [1.54, 1.807) is 18.4 Å². The number of thiazole rings is 1. The van der Waals surface area contributed by atoms with E-state index in [-0.39, 0.29) is 6.03 Å². The zero-order valence-electron chi connectivity index (χ0n) is 14.6. The smallest absolute Gasteiger partial charge is 0.315 e. The van der Waals surface area contributed by atoms with Crippen molar-refractivity contribution in [1.29, 1.82) is 0 Å². The first kappa shape index (κ1) is 17.7. The van der Waals surface area contributed by atoms with E-state index in [2.05, 4.69) is 21.0 Å². The Morgan fingerprint density at radius 3 is 2.96 bits per heavy atom. The van der Waals surface area contributed by atoms with Crippen molar-refractivity contribution in [2.24, 2.45) is 0 Å². The standard InChI is InChI=1S/C19H25N3O2S/c1-24-17-9-5-6-14(12-17)18-21-16(13-25-18)10-11-20-19(23)22-15-7-3-2-4-8-15/h5-6,9,12-13,15H,2-4,7-8,10-11H2,1H3,(H2,20,22,23). The highest BCUT2D eigenvalue weighted by Gasteiger charge is 2.15. The molecule has 0 saturated heterocycles. The average Bonchev–Trinajstić information content (AvgIpc) is 3.11. The van der Waals surface area contributed by atoms with E-state index in [1.807, 2.05) is 24.3 Å². The number of carbonyl (C=O) groups is 1. The number of hydrogen-bond donors (Lipinski definition) is 2. The fourth-order valence-corrected chi connectivity index (χ4v) is 3.95. The van der Waals surface area contributed by atoms with Gasteiger partial charge >= 0.3 is 6.03 Å².